The van der Waals surface area contributed by atoms with Gasteiger partial charge in [0.1, 0.15) is 6.04 Å². The Morgan fingerprint density at radius 3 is 2.40 bits per heavy atom. The molecule has 1 N–H and O–H groups in total. The first kappa shape index (κ1) is 24.2. The Kier molecular flexibility index (Phi) is 9.19. The molecule has 162 valence electrons. The minimum absolute atomic E-state index is 0.141. The van der Waals surface area contributed by atoms with Crippen LogP contribution < -0.4 is 5.32 Å². The second-order valence-electron chi connectivity index (χ2n) is 7.65. The first-order chi connectivity index (χ1) is 14.2. The van der Waals surface area contributed by atoms with Gasteiger partial charge in [-0.2, -0.15) is 0 Å². The predicted molar refractivity (Wildman–Crippen MR) is 124 cm³/mol. The average molecular weight is 449 g/mol. The summed E-state index contributed by atoms with van der Waals surface area (Å²) in [6.45, 7) is 8.55. The lowest BCUT2D eigenvalue weighted by Crippen LogP contribution is -2.48. The molecular weight excluding hydrogens is 419 g/mol. The van der Waals surface area contributed by atoms with Crippen LogP contribution in [0.1, 0.15) is 48.9 Å². The van der Waals surface area contributed by atoms with E-state index in [1.54, 1.807) is 30.0 Å². The maximum atomic E-state index is 13.3. The van der Waals surface area contributed by atoms with Gasteiger partial charge in [0.15, 0.2) is 0 Å². The van der Waals surface area contributed by atoms with Crippen molar-refractivity contribution in [1.82, 2.24) is 10.2 Å². The summed E-state index contributed by atoms with van der Waals surface area (Å²) in [6, 6.07) is 10.6. The Bertz CT molecular complexity index is 879. The molecule has 2 rings (SSSR count). The van der Waals surface area contributed by atoms with Gasteiger partial charge in [-0.15, -0.1) is 0 Å². The van der Waals surface area contributed by atoms with Gasteiger partial charge in [0.05, 0.1) is 6.42 Å². The highest BCUT2D eigenvalue weighted by Gasteiger charge is 2.27. The number of halogens is 2. The van der Waals surface area contributed by atoms with Gasteiger partial charge in [-0.05, 0) is 50.5 Å². The summed E-state index contributed by atoms with van der Waals surface area (Å²) < 4.78 is 0. The highest BCUT2D eigenvalue weighted by Crippen LogP contribution is 2.27. The molecule has 0 aliphatic heterocycles. The normalized spacial score (nSPS) is 11.8. The minimum atomic E-state index is -0.646. The molecule has 0 aromatic heterocycles. The summed E-state index contributed by atoms with van der Waals surface area (Å²) >= 11 is 12.7. The average Bonchev–Trinajstić information content (AvgIpc) is 2.70. The van der Waals surface area contributed by atoms with E-state index in [1.807, 2.05) is 32.0 Å². The number of amides is 2. The molecule has 2 aromatic carbocycles. The lowest BCUT2D eigenvalue weighted by molar-refractivity contribution is -0.140. The Balaban J connectivity index is 2.30. The smallest absolute Gasteiger partial charge is 0.242 e. The van der Waals surface area contributed by atoms with Gasteiger partial charge in [0.2, 0.25) is 11.8 Å². The van der Waals surface area contributed by atoms with E-state index >= 15 is 0 Å². The van der Waals surface area contributed by atoms with E-state index in [0.29, 0.717) is 22.2 Å². The second-order valence-corrected chi connectivity index (χ2v) is 8.46. The van der Waals surface area contributed by atoms with E-state index in [-0.39, 0.29) is 24.8 Å². The summed E-state index contributed by atoms with van der Waals surface area (Å²) in [6.07, 6.45) is 2.09. The van der Waals surface area contributed by atoms with E-state index in [9.17, 15) is 9.59 Å². The molecule has 2 aromatic rings. The number of benzene rings is 2. The second kappa shape index (κ2) is 11.4. The van der Waals surface area contributed by atoms with E-state index in [1.165, 1.54) is 0 Å². The van der Waals surface area contributed by atoms with Crippen LogP contribution in [0.5, 0.6) is 0 Å². The standard InChI is InChI=1S/C24H30Cl2N2O2/c1-5-6-12-27-24(30)18(4)28(15-20-21(25)8-7-9-22(20)26)23(29)14-19-13-16(2)10-11-17(19)3/h7-11,13,18H,5-6,12,14-15H2,1-4H3,(H,27,30)/t18-/m0/s1. The minimum Gasteiger partial charge on any atom is -0.354 e. The molecule has 30 heavy (non-hydrogen) atoms. The highest BCUT2D eigenvalue weighted by atomic mass is 35.5. The van der Waals surface area contributed by atoms with Crippen molar-refractivity contribution < 1.29 is 9.59 Å². The molecule has 4 nitrogen and oxygen atoms in total. The molecule has 1 atom stereocenters. The zero-order valence-electron chi connectivity index (χ0n) is 18.1. The monoisotopic (exact) mass is 448 g/mol. The SMILES string of the molecule is CCCCNC(=O)[C@H](C)N(Cc1c(Cl)cccc1Cl)C(=O)Cc1cc(C)ccc1C. The molecule has 2 amide bonds. The number of aryl methyl sites for hydroxylation is 2. The molecule has 0 saturated heterocycles. The van der Waals surface area contributed by atoms with Crippen LogP contribution in [0.25, 0.3) is 0 Å². The first-order valence-corrected chi connectivity index (χ1v) is 11.1. The van der Waals surface area contributed by atoms with Crippen molar-refractivity contribution in [1.29, 1.82) is 0 Å². The van der Waals surface area contributed by atoms with Gasteiger partial charge in [0.25, 0.3) is 0 Å². The van der Waals surface area contributed by atoms with Crippen LogP contribution in [-0.2, 0) is 22.6 Å². The van der Waals surface area contributed by atoms with Crippen molar-refractivity contribution in [2.45, 2.75) is 59.5 Å². The van der Waals surface area contributed by atoms with Crippen LogP contribution in [0.15, 0.2) is 36.4 Å². The number of unbranched alkanes of at least 4 members (excludes halogenated alkanes) is 1. The van der Waals surface area contributed by atoms with Crippen LogP contribution in [0.2, 0.25) is 10.0 Å². The number of hydrogen-bond donors (Lipinski definition) is 1. The van der Waals surface area contributed by atoms with E-state index in [2.05, 4.69) is 12.2 Å². The summed E-state index contributed by atoms with van der Waals surface area (Å²) in [7, 11) is 0. The van der Waals surface area contributed by atoms with Crippen molar-refractivity contribution in [3.05, 3.63) is 68.7 Å². The molecule has 0 unspecified atom stereocenters. The summed E-state index contributed by atoms with van der Waals surface area (Å²) in [5.74, 6) is -0.321. The Morgan fingerprint density at radius 1 is 1.10 bits per heavy atom. The lowest BCUT2D eigenvalue weighted by Gasteiger charge is -2.29. The number of carbonyl (C=O) groups excluding carboxylic acids is 2. The third-order valence-electron chi connectivity index (χ3n) is 5.23. The van der Waals surface area contributed by atoms with Crippen molar-refractivity contribution in [2.24, 2.45) is 0 Å². The number of nitrogens with zero attached hydrogens (tertiary/aromatic N) is 1. The maximum absolute atomic E-state index is 13.3. The molecule has 0 fully saturated rings. The Hall–Kier alpha value is -2.04. The molecular formula is C24H30Cl2N2O2. The van der Waals surface area contributed by atoms with Crippen molar-refractivity contribution in [2.75, 3.05) is 6.54 Å². The lowest BCUT2D eigenvalue weighted by atomic mass is 10.0. The van der Waals surface area contributed by atoms with Crippen LogP contribution in [0, 0.1) is 13.8 Å². The van der Waals surface area contributed by atoms with Crippen molar-refractivity contribution in [3.8, 4) is 0 Å². The molecule has 0 bridgehead atoms. The van der Waals surface area contributed by atoms with Gasteiger partial charge >= 0.3 is 0 Å². The third kappa shape index (κ3) is 6.48. The summed E-state index contributed by atoms with van der Waals surface area (Å²) in [5.41, 5.74) is 3.73. The third-order valence-corrected chi connectivity index (χ3v) is 5.94. The van der Waals surface area contributed by atoms with Crippen molar-refractivity contribution >= 4 is 35.0 Å². The van der Waals surface area contributed by atoms with Gasteiger partial charge in [-0.25, -0.2) is 0 Å². The summed E-state index contributed by atoms with van der Waals surface area (Å²) in [5, 5.41) is 3.87. The molecule has 0 radical (unpaired) electrons. The van der Waals surface area contributed by atoms with Gasteiger partial charge in [-0.3, -0.25) is 9.59 Å². The number of hydrogen-bond acceptors (Lipinski definition) is 2. The Morgan fingerprint density at radius 2 is 1.77 bits per heavy atom. The number of carbonyl (C=O) groups is 2. The van der Waals surface area contributed by atoms with Gasteiger partial charge < -0.3 is 10.2 Å². The van der Waals surface area contributed by atoms with Gasteiger partial charge in [0, 0.05) is 28.7 Å². The van der Waals surface area contributed by atoms with Crippen LogP contribution in [0.4, 0.5) is 0 Å². The van der Waals surface area contributed by atoms with Crippen LogP contribution >= 0.6 is 23.2 Å². The largest absolute Gasteiger partial charge is 0.354 e. The molecule has 0 saturated carbocycles. The van der Waals surface area contributed by atoms with E-state index in [4.69, 9.17) is 23.2 Å². The molecule has 6 heteroatoms. The summed E-state index contributed by atoms with van der Waals surface area (Å²) in [4.78, 5) is 27.6. The first-order valence-electron chi connectivity index (χ1n) is 10.3. The highest BCUT2D eigenvalue weighted by molar-refractivity contribution is 6.36. The topological polar surface area (TPSA) is 49.4 Å². The number of nitrogens with one attached hydrogen (secondary N) is 1. The fraction of sp³-hybridized carbons (Fsp3) is 0.417. The number of rotatable bonds is 9. The molecule has 0 heterocycles. The van der Waals surface area contributed by atoms with Gasteiger partial charge in [-0.1, -0.05) is 66.4 Å². The zero-order chi connectivity index (χ0) is 22.3. The van der Waals surface area contributed by atoms with E-state index in [0.717, 1.165) is 29.5 Å². The molecule has 0 spiro atoms. The molecule has 0 aliphatic carbocycles. The van der Waals surface area contributed by atoms with Crippen LogP contribution in [-0.4, -0.2) is 29.3 Å². The fourth-order valence-electron chi connectivity index (χ4n) is 3.23. The quantitative estimate of drug-likeness (QED) is 0.515. The van der Waals surface area contributed by atoms with E-state index < -0.39 is 6.04 Å². The fourth-order valence-corrected chi connectivity index (χ4v) is 3.74. The van der Waals surface area contributed by atoms with Crippen LogP contribution in [0.3, 0.4) is 0 Å². The Labute approximate surface area is 189 Å². The van der Waals surface area contributed by atoms with Crippen molar-refractivity contribution in [3.63, 3.8) is 0 Å². The molecule has 0 aliphatic rings. The maximum Gasteiger partial charge on any atom is 0.242 e. The zero-order valence-corrected chi connectivity index (χ0v) is 19.6. The predicted octanol–water partition coefficient (Wildman–Crippen LogP) is 5.49.